The molecule has 3 rings (SSSR count). The third-order valence-electron chi connectivity index (χ3n) is 4.91. The highest BCUT2D eigenvalue weighted by Crippen LogP contribution is 2.36. The Balaban J connectivity index is 1.94. The lowest BCUT2D eigenvalue weighted by atomic mass is 9.92. The van der Waals surface area contributed by atoms with E-state index >= 15 is 0 Å². The molecule has 7 nitrogen and oxygen atoms in total. The van der Waals surface area contributed by atoms with Crippen LogP contribution in [-0.2, 0) is 9.53 Å². The second-order valence-corrected chi connectivity index (χ2v) is 7.23. The normalized spacial score (nSPS) is 13.0. The van der Waals surface area contributed by atoms with Crippen molar-refractivity contribution in [3.05, 3.63) is 83.9 Å². The van der Waals surface area contributed by atoms with Gasteiger partial charge in [-0.3, -0.25) is 15.3 Å². The van der Waals surface area contributed by atoms with Gasteiger partial charge in [-0.05, 0) is 30.5 Å². The molecule has 7 heteroatoms. The van der Waals surface area contributed by atoms with E-state index in [1.165, 1.54) is 17.6 Å². The lowest BCUT2D eigenvalue weighted by molar-refractivity contribution is -0.124. The number of carbonyl (C=O) groups is 2. The summed E-state index contributed by atoms with van der Waals surface area (Å²) in [4.78, 5) is 24.1. The third-order valence-corrected chi connectivity index (χ3v) is 4.91. The Morgan fingerprint density at radius 1 is 1.00 bits per heavy atom. The number of aromatic hydroxyl groups is 1. The van der Waals surface area contributed by atoms with Gasteiger partial charge in [-0.15, -0.1) is 0 Å². The quantitative estimate of drug-likeness (QED) is 0.259. The van der Waals surface area contributed by atoms with Gasteiger partial charge in [-0.1, -0.05) is 61.0 Å². The van der Waals surface area contributed by atoms with Crippen LogP contribution in [0.25, 0.3) is 10.8 Å². The summed E-state index contributed by atoms with van der Waals surface area (Å²) in [6, 6.07) is 17.8. The van der Waals surface area contributed by atoms with Crippen molar-refractivity contribution < 1.29 is 24.6 Å². The van der Waals surface area contributed by atoms with Crippen molar-refractivity contribution in [2.24, 2.45) is 5.92 Å². The van der Waals surface area contributed by atoms with E-state index in [-0.39, 0.29) is 5.75 Å². The molecule has 0 fully saturated rings. The maximum atomic E-state index is 12.7. The predicted molar refractivity (Wildman–Crippen MR) is 118 cm³/mol. The van der Waals surface area contributed by atoms with Crippen LogP contribution < -0.4 is 10.8 Å². The number of hydrogen-bond acceptors (Lipinski definition) is 5. The summed E-state index contributed by atoms with van der Waals surface area (Å²) >= 11 is 0. The summed E-state index contributed by atoms with van der Waals surface area (Å²) in [6.07, 6.45) is 1.29. The van der Waals surface area contributed by atoms with Crippen molar-refractivity contribution in [3.8, 4) is 5.75 Å². The van der Waals surface area contributed by atoms with Crippen LogP contribution in [0.4, 0.5) is 10.5 Å². The molecule has 0 unspecified atom stereocenters. The van der Waals surface area contributed by atoms with E-state index in [4.69, 9.17) is 9.94 Å². The number of hydroxylamine groups is 1. The zero-order valence-corrected chi connectivity index (χ0v) is 17.2. The Hall–Kier alpha value is -3.84. The van der Waals surface area contributed by atoms with E-state index in [1.807, 2.05) is 31.2 Å². The van der Waals surface area contributed by atoms with E-state index in [0.29, 0.717) is 16.6 Å². The summed E-state index contributed by atoms with van der Waals surface area (Å²) in [6.45, 7) is 3.73. The Bertz CT molecular complexity index is 1110. The highest BCUT2D eigenvalue weighted by Gasteiger charge is 2.25. The number of amides is 2. The monoisotopic (exact) mass is 420 g/mol. The molecular weight excluding hydrogens is 396 g/mol. The smallest absolute Gasteiger partial charge is 0.412 e. The topological polar surface area (TPSA) is 108 Å². The highest BCUT2D eigenvalue weighted by molar-refractivity contribution is 5.92. The largest absolute Gasteiger partial charge is 0.507 e. The molecule has 0 saturated carbocycles. The number of phenolic OH excluding ortho intramolecular Hbond substituents is 1. The molecule has 0 aromatic heterocycles. The zero-order valence-electron chi connectivity index (χ0n) is 17.2. The Morgan fingerprint density at radius 3 is 2.35 bits per heavy atom. The summed E-state index contributed by atoms with van der Waals surface area (Å²) in [7, 11) is 0. The second kappa shape index (κ2) is 9.77. The van der Waals surface area contributed by atoms with Crippen molar-refractivity contribution in [1.82, 2.24) is 5.48 Å². The van der Waals surface area contributed by atoms with Gasteiger partial charge in [-0.25, -0.2) is 10.3 Å². The molecule has 0 aliphatic carbocycles. The molecule has 0 heterocycles. The van der Waals surface area contributed by atoms with Crippen molar-refractivity contribution in [1.29, 1.82) is 0 Å². The molecule has 0 spiro atoms. The molecule has 0 radical (unpaired) electrons. The molecule has 160 valence electrons. The van der Waals surface area contributed by atoms with Crippen molar-refractivity contribution in [2.45, 2.75) is 20.0 Å². The van der Waals surface area contributed by atoms with Gasteiger partial charge in [0.15, 0.2) is 0 Å². The number of carbonyl (C=O) groups excluding carboxylic acids is 2. The molecule has 0 saturated heterocycles. The molecule has 3 aromatic carbocycles. The minimum absolute atomic E-state index is 0.116. The first-order chi connectivity index (χ1) is 14.9. The average molecular weight is 420 g/mol. The zero-order chi connectivity index (χ0) is 22.4. The molecular formula is C24H24N2O5. The van der Waals surface area contributed by atoms with Crippen molar-refractivity contribution in [2.75, 3.05) is 5.32 Å². The van der Waals surface area contributed by atoms with E-state index in [1.54, 1.807) is 43.3 Å². The summed E-state index contributed by atoms with van der Waals surface area (Å²) < 4.78 is 5.77. The van der Waals surface area contributed by atoms with Crippen LogP contribution in [0.15, 0.2) is 72.8 Å². The molecule has 31 heavy (non-hydrogen) atoms. The van der Waals surface area contributed by atoms with Gasteiger partial charge in [0.2, 0.25) is 0 Å². The van der Waals surface area contributed by atoms with Crippen LogP contribution in [-0.4, -0.2) is 22.3 Å². The molecule has 0 aliphatic heterocycles. The number of rotatable bonds is 6. The van der Waals surface area contributed by atoms with Crippen LogP contribution >= 0.6 is 0 Å². The number of nitrogens with one attached hydrogen (secondary N) is 2. The van der Waals surface area contributed by atoms with Crippen LogP contribution in [0.5, 0.6) is 5.75 Å². The number of benzene rings is 3. The number of hydrogen-bond donors (Lipinski definition) is 4. The van der Waals surface area contributed by atoms with Gasteiger partial charge in [0.1, 0.15) is 11.9 Å². The van der Waals surface area contributed by atoms with Crippen molar-refractivity contribution in [3.63, 3.8) is 0 Å². The van der Waals surface area contributed by atoms with Crippen LogP contribution in [0.2, 0.25) is 0 Å². The lowest BCUT2D eigenvalue weighted by Crippen LogP contribution is -2.22. The minimum Gasteiger partial charge on any atom is -0.507 e. The number of phenols is 1. The predicted octanol–water partition coefficient (Wildman–Crippen LogP) is 4.84. The van der Waals surface area contributed by atoms with Gasteiger partial charge < -0.3 is 9.84 Å². The van der Waals surface area contributed by atoms with Crippen LogP contribution in [0, 0.1) is 12.8 Å². The van der Waals surface area contributed by atoms with Crippen LogP contribution in [0.3, 0.4) is 0 Å². The molecule has 3 aromatic rings. The van der Waals surface area contributed by atoms with E-state index in [2.05, 4.69) is 5.32 Å². The van der Waals surface area contributed by atoms with E-state index in [0.717, 1.165) is 10.9 Å². The fourth-order valence-electron chi connectivity index (χ4n) is 3.29. The fraction of sp³-hybridized carbons (Fsp3) is 0.167. The van der Waals surface area contributed by atoms with Gasteiger partial charge in [-0.2, -0.15) is 0 Å². The first-order valence-electron chi connectivity index (χ1n) is 9.76. The summed E-state index contributed by atoms with van der Waals surface area (Å²) in [5, 5.41) is 23.0. The molecule has 2 atom stereocenters. The van der Waals surface area contributed by atoms with Crippen LogP contribution in [0.1, 0.15) is 24.2 Å². The Morgan fingerprint density at radius 2 is 1.68 bits per heavy atom. The highest BCUT2D eigenvalue weighted by atomic mass is 16.6. The lowest BCUT2D eigenvalue weighted by Gasteiger charge is -2.24. The summed E-state index contributed by atoms with van der Waals surface area (Å²) in [5.74, 6) is -0.996. The average Bonchev–Trinajstić information content (AvgIpc) is 2.78. The number of ether oxygens (including phenoxy) is 1. The standard InChI is InChI=1S/C24H24N2O5/c1-15-7-10-17(11-8-15)25-24(29)31-23(16(2)9-14-22(28)26-30)20-12-13-21(27)19-6-4-3-5-18(19)20/h3-14,16,23,27,30H,1-2H3,(H,25,29)(H,26,28)/b14-9+/t16-,23+/m1/s1. The second-order valence-electron chi connectivity index (χ2n) is 7.23. The first kappa shape index (κ1) is 21.9. The van der Waals surface area contributed by atoms with E-state index < -0.39 is 24.0 Å². The van der Waals surface area contributed by atoms with E-state index in [9.17, 15) is 14.7 Å². The minimum atomic E-state index is -0.765. The SMILES string of the molecule is Cc1ccc(NC(=O)O[C@H](c2ccc(O)c3ccccc23)[C@H](C)/C=C/C(=O)NO)cc1. The van der Waals surface area contributed by atoms with Gasteiger partial charge in [0.05, 0.1) is 0 Å². The Kier molecular flexibility index (Phi) is 6.89. The number of aryl methyl sites for hydroxylation is 1. The summed E-state index contributed by atoms with van der Waals surface area (Å²) in [5.41, 5.74) is 3.86. The fourth-order valence-corrected chi connectivity index (χ4v) is 3.29. The molecule has 4 N–H and O–H groups in total. The van der Waals surface area contributed by atoms with Gasteiger partial charge in [0, 0.05) is 28.6 Å². The first-order valence-corrected chi connectivity index (χ1v) is 9.76. The third kappa shape index (κ3) is 5.40. The molecule has 0 aliphatic rings. The molecule has 0 bridgehead atoms. The maximum Gasteiger partial charge on any atom is 0.412 e. The van der Waals surface area contributed by atoms with Gasteiger partial charge in [0.25, 0.3) is 5.91 Å². The number of fused-ring (bicyclic) bond motifs is 1. The number of anilines is 1. The Labute approximate surface area is 179 Å². The maximum absolute atomic E-state index is 12.7. The molecule has 2 amide bonds. The van der Waals surface area contributed by atoms with Gasteiger partial charge >= 0.3 is 6.09 Å². The van der Waals surface area contributed by atoms with Crippen molar-refractivity contribution >= 4 is 28.5 Å².